The number of hydrogen-bond donors (Lipinski definition) is 2. The van der Waals surface area contributed by atoms with Gasteiger partial charge in [0.25, 0.3) is 5.91 Å². The third-order valence-corrected chi connectivity index (χ3v) is 4.33. The molecule has 2 heterocycles. The van der Waals surface area contributed by atoms with Crippen LogP contribution in [0.25, 0.3) is 0 Å². The number of amides is 1. The monoisotopic (exact) mass is 300 g/mol. The van der Waals surface area contributed by atoms with Crippen LogP contribution in [0.15, 0.2) is 30.5 Å². The zero-order valence-electron chi connectivity index (χ0n) is 11.5. The maximum absolute atomic E-state index is 12.2. The fourth-order valence-electron chi connectivity index (χ4n) is 2.18. The molecular formula is C16H16N2O2S. The minimum atomic E-state index is -0.137. The lowest BCUT2D eigenvalue weighted by Crippen LogP contribution is -2.24. The first-order valence-electron chi connectivity index (χ1n) is 6.91. The highest BCUT2D eigenvalue weighted by molar-refractivity contribution is 7.12. The Hall–Kier alpha value is -2.03. The van der Waals surface area contributed by atoms with E-state index in [-0.39, 0.29) is 12.5 Å². The Morgan fingerprint density at radius 1 is 1.43 bits per heavy atom. The molecule has 5 heteroatoms. The fraction of sp³-hybridized carbons (Fsp3) is 0.312. The van der Waals surface area contributed by atoms with Gasteiger partial charge in [-0.2, -0.15) is 0 Å². The van der Waals surface area contributed by atoms with E-state index in [2.05, 4.69) is 21.7 Å². The second-order valence-electron chi connectivity index (χ2n) is 4.94. The Bertz CT molecular complexity index is 701. The predicted octanol–water partition coefficient (Wildman–Crippen LogP) is 2.16. The molecule has 3 rings (SSSR count). The highest BCUT2D eigenvalue weighted by atomic mass is 32.1. The van der Waals surface area contributed by atoms with E-state index in [1.807, 2.05) is 30.5 Å². The van der Waals surface area contributed by atoms with Crippen molar-refractivity contribution in [3.8, 4) is 11.8 Å². The van der Waals surface area contributed by atoms with Gasteiger partial charge in [-0.3, -0.25) is 4.79 Å². The standard InChI is InChI=1S/C16H16N2O2S/c19-10-2-3-13-7-8-14(21-13)11-17-16(20)15-4-1-9-18(15)12-5-6-12/h1,4,7-9,12,19H,5-6,10-11H2,(H,17,20). The van der Waals surface area contributed by atoms with Crippen molar-refractivity contribution in [3.63, 3.8) is 0 Å². The molecule has 1 fully saturated rings. The van der Waals surface area contributed by atoms with Gasteiger partial charge in [0.2, 0.25) is 0 Å². The van der Waals surface area contributed by atoms with Gasteiger partial charge in [0.1, 0.15) is 12.3 Å². The Morgan fingerprint density at radius 2 is 2.29 bits per heavy atom. The molecule has 1 amide bonds. The summed E-state index contributed by atoms with van der Waals surface area (Å²) in [5, 5.41) is 11.6. The summed E-state index contributed by atoms with van der Waals surface area (Å²) >= 11 is 1.53. The number of carbonyl (C=O) groups is 1. The first-order valence-corrected chi connectivity index (χ1v) is 7.73. The third kappa shape index (κ3) is 3.35. The molecule has 0 aromatic carbocycles. The van der Waals surface area contributed by atoms with Crippen LogP contribution in [-0.4, -0.2) is 22.2 Å². The number of nitrogens with one attached hydrogen (secondary N) is 1. The first kappa shape index (κ1) is 13.9. The van der Waals surface area contributed by atoms with Crippen molar-refractivity contribution in [2.24, 2.45) is 0 Å². The molecular weight excluding hydrogens is 284 g/mol. The molecule has 1 saturated carbocycles. The minimum Gasteiger partial charge on any atom is -0.384 e. The quantitative estimate of drug-likeness (QED) is 0.850. The molecule has 0 unspecified atom stereocenters. The molecule has 0 spiro atoms. The molecule has 21 heavy (non-hydrogen) atoms. The maximum atomic E-state index is 12.2. The minimum absolute atomic E-state index is 0.0386. The molecule has 2 aromatic heterocycles. The first-order chi connectivity index (χ1) is 10.3. The Kier molecular flexibility index (Phi) is 4.09. The van der Waals surface area contributed by atoms with Gasteiger partial charge in [-0.25, -0.2) is 0 Å². The topological polar surface area (TPSA) is 54.3 Å². The van der Waals surface area contributed by atoms with Gasteiger partial charge in [-0.1, -0.05) is 11.8 Å². The van der Waals surface area contributed by atoms with E-state index in [0.717, 1.165) is 28.3 Å². The molecule has 0 bridgehead atoms. The third-order valence-electron chi connectivity index (χ3n) is 3.33. The smallest absolute Gasteiger partial charge is 0.268 e. The molecule has 0 aliphatic heterocycles. The number of aliphatic hydroxyl groups is 1. The lowest BCUT2D eigenvalue weighted by Gasteiger charge is -2.07. The molecule has 108 valence electrons. The lowest BCUT2D eigenvalue weighted by molar-refractivity contribution is 0.0942. The van der Waals surface area contributed by atoms with Crippen LogP contribution >= 0.6 is 11.3 Å². The van der Waals surface area contributed by atoms with E-state index in [4.69, 9.17) is 5.11 Å². The normalized spacial score (nSPS) is 13.6. The van der Waals surface area contributed by atoms with Crippen molar-refractivity contribution in [1.82, 2.24) is 9.88 Å². The van der Waals surface area contributed by atoms with Gasteiger partial charge in [0.05, 0.1) is 11.4 Å². The molecule has 4 nitrogen and oxygen atoms in total. The van der Waals surface area contributed by atoms with Crippen molar-refractivity contribution in [2.45, 2.75) is 25.4 Å². The van der Waals surface area contributed by atoms with Crippen molar-refractivity contribution < 1.29 is 9.90 Å². The predicted molar refractivity (Wildman–Crippen MR) is 82.2 cm³/mol. The summed E-state index contributed by atoms with van der Waals surface area (Å²) in [6.45, 7) is 0.363. The van der Waals surface area contributed by atoms with Crippen LogP contribution < -0.4 is 5.32 Å². The van der Waals surface area contributed by atoms with Crippen LogP contribution in [0.1, 0.15) is 39.1 Å². The van der Waals surface area contributed by atoms with Gasteiger partial charge in [-0.15, -0.1) is 11.3 Å². The molecule has 1 aliphatic carbocycles. The Labute approximate surface area is 127 Å². The number of aromatic nitrogens is 1. The number of thiophene rings is 1. The van der Waals surface area contributed by atoms with Crippen molar-refractivity contribution in [1.29, 1.82) is 0 Å². The molecule has 2 aromatic rings. The average molecular weight is 300 g/mol. The SMILES string of the molecule is O=C(NCc1ccc(C#CCO)s1)c1cccn1C1CC1. The Balaban J connectivity index is 1.60. The summed E-state index contributed by atoms with van der Waals surface area (Å²) in [6.07, 6.45) is 4.29. The van der Waals surface area contributed by atoms with E-state index in [9.17, 15) is 4.79 Å². The van der Waals surface area contributed by atoms with Crippen molar-refractivity contribution >= 4 is 17.2 Å². The summed E-state index contributed by atoms with van der Waals surface area (Å²) < 4.78 is 2.06. The van der Waals surface area contributed by atoms with Crippen LogP contribution in [0.5, 0.6) is 0 Å². The van der Waals surface area contributed by atoms with Gasteiger partial charge >= 0.3 is 0 Å². The van der Waals surface area contributed by atoms with Crippen LogP contribution in [0.3, 0.4) is 0 Å². The van der Waals surface area contributed by atoms with Gasteiger partial charge in [0.15, 0.2) is 0 Å². The fourth-order valence-corrected chi connectivity index (χ4v) is 3.00. The lowest BCUT2D eigenvalue weighted by atomic mass is 10.3. The van der Waals surface area contributed by atoms with Gasteiger partial charge in [0, 0.05) is 17.1 Å². The highest BCUT2D eigenvalue weighted by Gasteiger charge is 2.26. The zero-order chi connectivity index (χ0) is 14.7. The van der Waals surface area contributed by atoms with Crippen molar-refractivity contribution in [3.05, 3.63) is 45.9 Å². The second kappa shape index (κ2) is 6.17. The molecule has 2 N–H and O–H groups in total. The summed E-state index contributed by atoms with van der Waals surface area (Å²) in [6, 6.07) is 8.14. The van der Waals surface area contributed by atoms with Crippen LogP contribution in [0.2, 0.25) is 0 Å². The summed E-state index contributed by atoms with van der Waals surface area (Å²) in [5.41, 5.74) is 0.731. The van der Waals surface area contributed by atoms with Crippen LogP contribution in [-0.2, 0) is 6.54 Å². The Morgan fingerprint density at radius 3 is 3.05 bits per heavy atom. The number of hydrogen-bond acceptors (Lipinski definition) is 3. The maximum Gasteiger partial charge on any atom is 0.268 e. The average Bonchev–Trinajstić information content (AvgIpc) is 3.04. The van der Waals surface area contributed by atoms with E-state index in [0.29, 0.717) is 12.6 Å². The number of carbonyl (C=O) groups excluding carboxylic acids is 1. The van der Waals surface area contributed by atoms with E-state index in [1.165, 1.54) is 11.3 Å². The van der Waals surface area contributed by atoms with Gasteiger partial charge < -0.3 is 15.0 Å². The molecule has 1 aliphatic rings. The summed E-state index contributed by atoms with van der Waals surface area (Å²) in [7, 11) is 0. The van der Waals surface area contributed by atoms with E-state index >= 15 is 0 Å². The number of rotatable bonds is 4. The highest BCUT2D eigenvalue weighted by Crippen LogP contribution is 2.35. The van der Waals surface area contributed by atoms with Gasteiger partial charge in [-0.05, 0) is 37.1 Å². The largest absolute Gasteiger partial charge is 0.384 e. The number of aliphatic hydroxyl groups excluding tert-OH is 1. The molecule has 0 saturated heterocycles. The van der Waals surface area contributed by atoms with Crippen LogP contribution in [0.4, 0.5) is 0 Å². The molecule has 0 atom stereocenters. The molecule has 0 radical (unpaired) electrons. The van der Waals surface area contributed by atoms with E-state index in [1.54, 1.807) is 0 Å². The van der Waals surface area contributed by atoms with E-state index < -0.39 is 0 Å². The summed E-state index contributed by atoms with van der Waals surface area (Å²) in [5.74, 6) is 5.44. The van der Waals surface area contributed by atoms with Crippen LogP contribution in [0, 0.1) is 11.8 Å². The zero-order valence-corrected chi connectivity index (χ0v) is 12.3. The summed E-state index contributed by atoms with van der Waals surface area (Å²) in [4.78, 5) is 14.2. The number of nitrogens with zero attached hydrogens (tertiary/aromatic N) is 1. The van der Waals surface area contributed by atoms with Crippen molar-refractivity contribution in [2.75, 3.05) is 6.61 Å². The second-order valence-corrected chi connectivity index (χ2v) is 6.11.